The molecule has 1 saturated heterocycles. The molecule has 0 N–H and O–H groups in total. The van der Waals surface area contributed by atoms with Gasteiger partial charge in [0.2, 0.25) is 10.0 Å². The summed E-state index contributed by atoms with van der Waals surface area (Å²) < 4.78 is 27.0. The van der Waals surface area contributed by atoms with Gasteiger partial charge in [0.05, 0.1) is 9.82 Å². The van der Waals surface area contributed by atoms with E-state index in [0.29, 0.717) is 31.7 Å². The number of carbonyl (C=O) groups excluding carboxylic acids is 1. The molecule has 0 unspecified atom stereocenters. The lowest BCUT2D eigenvalue weighted by Gasteiger charge is -2.19. The van der Waals surface area contributed by atoms with Crippen molar-refractivity contribution in [1.82, 2.24) is 4.31 Å². The van der Waals surface area contributed by atoms with Gasteiger partial charge in [0.1, 0.15) is 5.02 Å². The number of sulfonamides is 1. The first-order valence-electron chi connectivity index (χ1n) is 9.18. The number of amides is 1. The second-order valence-corrected chi connectivity index (χ2v) is 9.38. The molecule has 0 aromatic heterocycles. The predicted molar refractivity (Wildman–Crippen MR) is 108 cm³/mol. The quantitative estimate of drug-likeness (QED) is 0.542. The Bertz CT molecular complexity index is 1110. The SMILES string of the molecule is O=C(c1ccc(Cl)c([N+](=O)[O-])c1)N1CCc2cc(S(=O)(=O)N3CCCC3)ccc21. The third-order valence-corrected chi connectivity index (χ3v) is 7.50. The molecule has 2 heterocycles. The fraction of sp³-hybridized carbons (Fsp3) is 0.316. The molecule has 1 fully saturated rings. The van der Waals surface area contributed by atoms with Crippen LogP contribution in [0.4, 0.5) is 11.4 Å². The van der Waals surface area contributed by atoms with Crippen LogP contribution >= 0.6 is 11.6 Å². The molecule has 2 aliphatic heterocycles. The van der Waals surface area contributed by atoms with Crippen molar-refractivity contribution in [2.24, 2.45) is 0 Å². The number of nitrogens with zero attached hydrogens (tertiary/aromatic N) is 3. The smallest absolute Gasteiger partial charge is 0.288 e. The van der Waals surface area contributed by atoms with Crippen LogP contribution < -0.4 is 4.90 Å². The number of hydrogen-bond acceptors (Lipinski definition) is 5. The topological polar surface area (TPSA) is 101 Å². The van der Waals surface area contributed by atoms with E-state index in [1.807, 2.05) is 0 Å². The van der Waals surface area contributed by atoms with Gasteiger partial charge in [-0.15, -0.1) is 0 Å². The second kappa shape index (κ2) is 7.40. The van der Waals surface area contributed by atoms with E-state index < -0.39 is 20.9 Å². The summed E-state index contributed by atoms with van der Waals surface area (Å²) in [5.74, 6) is -0.390. The van der Waals surface area contributed by atoms with Gasteiger partial charge in [-0.05, 0) is 55.2 Å². The van der Waals surface area contributed by atoms with E-state index in [1.54, 1.807) is 12.1 Å². The molecule has 2 aliphatic rings. The first-order valence-corrected chi connectivity index (χ1v) is 11.0. The van der Waals surface area contributed by atoms with Crippen LogP contribution in [-0.4, -0.2) is 43.2 Å². The number of hydrogen-bond donors (Lipinski definition) is 0. The van der Waals surface area contributed by atoms with Crippen LogP contribution in [0, 0.1) is 10.1 Å². The lowest BCUT2D eigenvalue weighted by atomic mass is 10.1. The Labute approximate surface area is 172 Å². The lowest BCUT2D eigenvalue weighted by molar-refractivity contribution is -0.384. The maximum Gasteiger partial charge on any atom is 0.288 e. The highest BCUT2D eigenvalue weighted by Crippen LogP contribution is 2.34. The summed E-state index contributed by atoms with van der Waals surface area (Å²) in [6.45, 7) is 1.43. The van der Waals surface area contributed by atoms with Gasteiger partial charge in [-0.3, -0.25) is 14.9 Å². The van der Waals surface area contributed by atoms with Gasteiger partial charge >= 0.3 is 0 Å². The van der Waals surface area contributed by atoms with E-state index in [1.165, 1.54) is 27.4 Å². The van der Waals surface area contributed by atoms with Crippen molar-refractivity contribution < 1.29 is 18.1 Å². The van der Waals surface area contributed by atoms with Crippen LogP contribution in [0.5, 0.6) is 0 Å². The van der Waals surface area contributed by atoms with Gasteiger partial charge in [-0.1, -0.05) is 11.6 Å². The van der Waals surface area contributed by atoms with Gasteiger partial charge in [-0.2, -0.15) is 4.31 Å². The Balaban J connectivity index is 1.63. The number of rotatable bonds is 4. The van der Waals surface area contributed by atoms with Crippen molar-refractivity contribution >= 4 is 38.9 Å². The fourth-order valence-electron chi connectivity index (χ4n) is 3.77. The highest BCUT2D eigenvalue weighted by molar-refractivity contribution is 7.89. The molecule has 0 aliphatic carbocycles. The molecular weight excluding hydrogens is 418 g/mol. The number of halogens is 1. The summed E-state index contributed by atoms with van der Waals surface area (Å²) in [5.41, 5.74) is 1.21. The van der Waals surface area contributed by atoms with Crippen LogP contribution in [0.1, 0.15) is 28.8 Å². The standard InChI is InChI=1S/C19H18ClN3O5S/c20-16-5-3-14(12-18(16)23(25)26)19(24)22-10-7-13-11-15(4-6-17(13)22)29(27,28)21-8-1-2-9-21/h3-6,11-12H,1-2,7-10H2. The van der Waals surface area contributed by atoms with Gasteiger partial charge in [-0.25, -0.2) is 8.42 Å². The molecule has 10 heteroatoms. The van der Waals surface area contributed by atoms with E-state index >= 15 is 0 Å². The molecule has 152 valence electrons. The number of nitro groups is 1. The third-order valence-electron chi connectivity index (χ3n) is 5.28. The highest BCUT2D eigenvalue weighted by atomic mass is 35.5. The van der Waals surface area contributed by atoms with E-state index in [-0.39, 0.29) is 21.2 Å². The van der Waals surface area contributed by atoms with Crippen molar-refractivity contribution in [3.63, 3.8) is 0 Å². The van der Waals surface area contributed by atoms with Gasteiger partial charge in [0.15, 0.2) is 0 Å². The molecule has 0 atom stereocenters. The normalized spacial score (nSPS) is 16.8. The van der Waals surface area contributed by atoms with E-state index in [2.05, 4.69) is 0 Å². The van der Waals surface area contributed by atoms with Gasteiger partial charge in [0.25, 0.3) is 11.6 Å². The fourth-order valence-corrected chi connectivity index (χ4v) is 5.52. The van der Waals surface area contributed by atoms with Gasteiger partial charge in [0, 0.05) is 37.0 Å². The van der Waals surface area contributed by atoms with Crippen molar-refractivity contribution in [2.45, 2.75) is 24.2 Å². The molecule has 29 heavy (non-hydrogen) atoms. The van der Waals surface area contributed by atoms with Crippen LogP contribution in [0.2, 0.25) is 5.02 Å². The number of anilines is 1. The first-order chi connectivity index (χ1) is 13.8. The Morgan fingerprint density at radius 2 is 1.79 bits per heavy atom. The lowest BCUT2D eigenvalue weighted by Crippen LogP contribution is -2.29. The van der Waals surface area contributed by atoms with Crippen molar-refractivity contribution in [3.8, 4) is 0 Å². The minimum atomic E-state index is -3.53. The Morgan fingerprint density at radius 1 is 1.07 bits per heavy atom. The molecule has 0 radical (unpaired) electrons. The third kappa shape index (κ3) is 3.50. The summed E-state index contributed by atoms with van der Waals surface area (Å²) >= 11 is 5.82. The minimum Gasteiger partial charge on any atom is -0.308 e. The van der Waals surface area contributed by atoms with Crippen LogP contribution in [0.15, 0.2) is 41.3 Å². The Kier molecular flexibility index (Phi) is 5.05. The minimum absolute atomic E-state index is 0.0369. The van der Waals surface area contributed by atoms with Crippen molar-refractivity contribution in [2.75, 3.05) is 24.5 Å². The van der Waals surface area contributed by atoms with Crippen LogP contribution in [0.3, 0.4) is 0 Å². The number of benzene rings is 2. The Morgan fingerprint density at radius 3 is 2.48 bits per heavy atom. The molecule has 0 bridgehead atoms. The summed E-state index contributed by atoms with van der Waals surface area (Å²) in [7, 11) is -3.53. The van der Waals surface area contributed by atoms with E-state index in [4.69, 9.17) is 11.6 Å². The average Bonchev–Trinajstić information content (AvgIpc) is 3.37. The first kappa shape index (κ1) is 19.8. The summed E-state index contributed by atoms with van der Waals surface area (Å²) in [6.07, 6.45) is 2.24. The zero-order chi connectivity index (χ0) is 20.8. The molecule has 0 spiro atoms. The molecular formula is C19H18ClN3O5S. The zero-order valence-corrected chi connectivity index (χ0v) is 16.9. The Hall–Kier alpha value is -2.49. The monoisotopic (exact) mass is 435 g/mol. The van der Waals surface area contributed by atoms with Crippen molar-refractivity contribution in [3.05, 3.63) is 62.7 Å². The number of fused-ring (bicyclic) bond motifs is 1. The molecule has 4 rings (SSSR count). The number of nitro benzene ring substituents is 1. The molecule has 0 saturated carbocycles. The predicted octanol–water partition coefficient (Wildman–Crippen LogP) is 3.24. The zero-order valence-electron chi connectivity index (χ0n) is 15.4. The largest absolute Gasteiger partial charge is 0.308 e. The molecule has 1 amide bonds. The highest BCUT2D eigenvalue weighted by Gasteiger charge is 2.31. The van der Waals surface area contributed by atoms with E-state index in [0.717, 1.165) is 24.5 Å². The van der Waals surface area contributed by atoms with Crippen LogP contribution in [-0.2, 0) is 16.4 Å². The number of carbonyl (C=O) groups is 1. The van der Waals surface area contributed by atoms with E-state index in [9.17, 15) is 23.3 Å². The molecule has 2 aromatic carbocycles. The maximum atomic E-state index is 12.9. The van der Waals surface area contributed by atoms with Gasteiger partial charge < -0.3 is 4.90 Å². The van der Waals surface area contributed by atoms with Crippen molar-refractivity contribution in [1.29, 1.82) is 0 Å². The molecule has 2 aromatic rings. The summed E-state index contributed by atoms with van der Waals surface area (Å²) in [6, 6.07) is 8.71. The van der Waals surface area contributed by atoms with Crippen LogP contribution in [0.25, 0.3) is 0 Å². The molecule has 8 nitrogen and oxygen atoms in total. The average molecular weight is 436 g/mol. The second-order valence-electron chi connectivity index (χ2n) is 7.03. The maximum absolute atomic E-state index is 12.9. The summed E-state index contributed by atoms with van der Waals surface area (Å²) in [4.78, 5) is 25.1. The summed E-state index contributed by atoms with van der Waals surface area (Å²) in [5, 5.41) is 11.1.